The van der Waals surface area contributed by atoms with Gasteiger partial charge in [-0.25, -0.2) is 0 Å². The number of hydrogen-bond acceptors (Lipinski definition) is 4. The smallest absolute Gasteiger partial charge is 0.255 e. The number of carbonyl (C=O) groups excluding carboxylic acids is 2. The second kappa shape index (κ2) is 9.26. The van der Waals surface area contributed by atoms with E-state index in [1.807, 2.05) is 17.0 Å². The van der Waals surface area contributed by atoms with Crippen LogP contribution in [0.4, 0.5) is 5.69 Å². The highest BCUT2D eigenvalue weighted by atomic mass is 16.5. The molecule has 1 N–H and O–H groups in total. The molecule has 1 fully saturated rings. The van der Waals surface area contributed by atoms with Gasteiger partial charge in [0, 0.05) is 18.7 Å². The number of hydrogen-bond donors (Lipinski definition) is 1. The Bertz CT molecular complexity index is 844. The molecule has 0 aliphatic carbocycles. The molecule has 0 spiro atoms. The number of anilines is 1. The molecule has 0 saturated carbocycles. The van der Waals surface area contributed by atoms with Gasteiger partial charge in [0.05, 0.1) is 31.9 Å². The summed E-state index contributed by atoms with van der Waals surface area (Å²) in [5.74, 6) is 1.03. The van der Waals surface area contributed by atoms with E-state index in [1.165, 1.54) is 0 Å². The predicted molar refractivity (Wildman–Crippen MR) is 108 cm³/mol. The van der Waals surface area contributed by atoms with Gasteiger partial charge in [-0.1, -0.05) is 12.1 Å². The van der Waals surface area contributed by atoms with Gasteiger partial charge in [-0.05, 0) is 49.6 Å². The number of benzene rings is 2. The van der Waals surface area contributed by atoms with Crippen LogP contribution in [0.5, 0.6) is 11.5 Å². The van der Waals surface area contributed by atoms with Crippen LogP contribution in [0.2, 0.25) is 0 Å². The van der Waals surface area contributed by atoms with Crippen LogP contribution in [0.3, 0.4) is 0 Å². The highest BCUT2D eigenvalue weighted by Gasteiger charge is 2.21. The number of carbonyl (C=O) groups is 2. The van der Waals surface area contributed by atoms with Crippen molar-refractivity contribution >= 4 is 17.5 Å². The number of nitrogens with one attached hydrogen (secondary N) is 1. The van der Waals surface area contributed by atoms with Crippen molar-refractivity contribution in [2.45, 2.75) is 25.7 Å². The monoisotopic (exact) mass is 382 g/mol. The van der Waals surface area contributed by atoms with Crippen LogP contribution in [-0.4, -0.2) is 44.0 Å². The summed E-state index contributed by atoms with van der Waals surface area (Å²) in [5.41, 5.74) is 1.78. The topological polar surface area (TPSA) is 67.9 Å². The highest BCUT2D eigenvalue weighted by molar-refractivity contribution is 6.04. The number of likely N-dealkylation sites (tertiary alicyclic amines) is 1. The normalized spacial score (nSPS) is 13.7. The van der Waals surface area contributed by atoms with Gasteiger partial charge in [-0.2, -0.15) is 0 Å². The molecule has 0 unspecified atom stereocenters. The summed E-state index contributed by atoms with van der Waals surface area (Å²) in [6.07, 6.45) is 3.32. The van der Waals surface area contributed by atoms with E-state index >= 15 is 0 Å². The van der Waals surface area contributed by atoms with Crippen molar-refractivity contribution in [1.29, 1.82) is 0 Å². The molecule has 0 aromatic heterocycles. The first-order chi connectivity index (χ1) is 13.6. The molecule has 2 aromatic rings. The van der Waals surface area contributed by atoms with Crippen LogP contribution in [0.25, 0.3) is 0 Å². The third-order valence-electron chi connectivity index (χ3n) is 4.91. The minimum atomic E-state index is -0.217. The van der Waals surface area contributed by atoms with Crippen molar-refractivity contribution < 1.29 is 19.1 Å². The lowest BCUT2D eigenvalue weighted by molar-refractivity contribution is -0.115. The Morgan fingerprint density at radius 1 is 1.00 bits per heavy atom. The first kappa shape index (κ1) is 19.7. The number of ether oxygens (including phenoxy) is 2. The summed E-state index contributed by atoms with van der Waals surface area (Å²) >= 11 is 0. The molecule has 1 aliphatic heterocycles. The van der Waals surface area contributed by atoms with Gasteiger partial charge >= 0.3 is 0 Å². The van der Waals surface area contributed by atoms with Gasteiger partial charge in [-0.3, -0.25) is 9.59 Å². The zero-order chi connectivity index (χ0) is 19.9. The van der Waals surface area contributed by atoms with Crippen molar-refractivity contribution in [3.63, 3.8) is 0 Å². The fraction of sp³-hybridized carbons (Fsp3) is 0.364. The van der Waals surface area contributed by atoms with E-state index in [0.717, 1.165) is 37.9 Å². The lowest BCUT2D eigenvalue weighted by atomic mass is 10.1. The van der Waals surface area contributed by atoms with Crippen molar-refractivity contribution in [3.05, 3.63) is 53.6 Å². The molecular formula is C22H26N2O4. The average Bonchev–Trinajstić information content (AvgIpc) is 2.74. The molecule has 0 radical (unpaired) electrons. The number of amides is 2. The third-order valence-corrected chi connectivity index (χ3v) is 4.91. The van der Waals surface area contributed by atoms with Crippen LogP contribution in [0.1, 0.15) is 35.2 Å². The molecule has 0 bridgehead atoms. The van der Waals surface area contributed by atoms with E-state index in [2.05, 4.69) is 5.32 Å². The summed E-state index contributed by atoms with van der Waals surface area (Å²) in [5, 5.41) is 2.88. The van der Waals surface area contributed by atoms with Crippen LogP contribution >= 0.6 is 0 Å². The van der Waals surface area contributed by atoms with Crippen LogP contribution in [0.15, 0.2) is 42.5 Å². The van der Waals surface area contributed by atoms with Crippen LogP contribution < -0.4 is 14.8 Å². The number of piperidine rings is 1. The van der Waals surface area contributed by atoms with E-state index in [0.29, 0.717) is 22.7 Å². The number of nitrogens with zero attached hydrogens (tertiary/aromatic N) is 1. The lowest BCUT2D eigenvalue weighted by Crippen LogP contribution is -2.36. The Morgan fingerprint density at radius 3 is 2.46 bits per heavy atom. The molecule has 1 aliphatic rings. The number of methoxy groups -OCH3 is 2. The molecule has 2 amide bonds. The average molecular weight is 382 g/mol. The molecule has 148 valence electrons. The zero-order valence-electron chi connectivity index (χ0n) is 16.4. The van der Waals surface area contributed by atoms with Gasteiger partial charge in [0.1, 0.15) is 11.5 Å². The van der Waals surface area contributed by atoms with Gasteiger partial charge in [0.15, 0.2) is 0 Å². The minimum absolute atomic E-state index is 0.0328. The highest BCUT2D eigenvalue weighted by Crippen LogP contribution is 2.25. The minimum Gasteiger partial charge on any atom is -0.497 e. The Balaban J connectivity index is 1.75. The predicted octanol–water partition coefficient (Wildman–Crippen LogP) is 3.51. The summed E-state index contributed by atoms with van der Waals surface area (Å²) < 4.78 is 10.6. The summed E-state index contributed by atoms with van der Waals surface area (Å²) in [6.45, 7) is 1.53. The lowest BCUT2D eigenvalue weighted by Gasteiger charge is -2.27. The summed E-state index contributed by atoms with van der Waals surface area (Å²) in [6, 6.07) is 12.5. The van der Waals surface area contributed by atoms with Crippen molar-refractivity contribution in [3.8, 4) is 11.5 Å². The van der Waals surface area contributed by atoms with Crippen LogP contribution in [-0.2, 0) is 11.2 Å². The Labute approximate surface area is 165 Å². The fourth-order valence-corrected chi connectivity index (χ4v) is 3.43. The van der Waals surface area contributed by atoms with E-state index < -0.39 is 0 Å². The number of rotatable bonds is 6. The molecule has 3 rings (SSSR count). The SMILES string of the molecule is COc1ccc(OC)c(CC(=O)Nc2ccccc2C(=O)N2CCCCC2)c1. The van der Waals surface area contributed by atoms with Gasteiger partial charge in [0.25, 0.3) is 5.91 Å². The maximum Gasteiger partial charge on any atom is 0.255 e. The fourth-order valence-electron chi connectivity index (χ4n) is 3.43. The second-order valence-corrected chi connectivity index (χ2v) is 6.80. The maximum atomic E-state index is 12.9. The molecular weight excluding hydrogens is 356 g/mol. The Kier molecular flexibility index (Phi) is 6.53. The third kappa shape index (κ3) is 4.63. The Morgan fingerprint density at radius 2 is 1.75 bits per heavy atom. The first-order valence-electron chi connectivity index (χ1n) is 9.51. The van der Waals surface area contributed by atoms with E-state index in [1.54, 1.807) is 44.6 Å². The van der Waals surface area contributed by atoms with E-state index in [-0.39, 0.29) is 18.2 Å². The molecule has 2 aromatic carbocycles. The zero-order valence-corrected chi connectivity index (χ0v) is 16.4. The van der Waals surface area contributed by atoms with E-state index in [9.17, 15) is 9.59 Å². The van der Waals surface area contributed by atoms with E-state index in [4.69, 9.17) is 9.47 Å². The van der Waals surface area contributed by atoms with Gasteiger partial charge in [0.2, 0.25) is 5.91 Å². The Hall–Kier alpha value is -3.02. The molecule has 28 heavy (non-hydrogen) atoms. The van der Waals surface area contributed by atoms with Crippen LogP contribution in [0, 0.1) is 0 Å². The van der Waals surface area contributed by atoms with Crippen molar-refractivity contribution in [2.24, 2.45) is 0 Å². The molecule has 6 nitrogen and oxygen atoms in total. The number of para-hydroxylation sites is 1. The largest absolute Gasteiger partial charge is 0.497 e. The molecule has 0 atom stereocenters. The summed E-state index contributed by atoms with van der Waals surface area (Å²) in [7, 11) is 3.14. The standard InChI is InChI=1S/C22H26N2O4/c1-27-17-10-11-20(28-2)16(14-17)15-21(25)23-19-9-5-4-8-18(19)22(26)24-12-6-3-7-13-24/h4-5,8-11,14H,3,6-7,12-13,15H2,1-2H3,(H,23,25). The van der Waals surface area contributed by atoms with Gasteiger partial charge < -0.3 is 19.7 Å². The molecule has 6 heteroatoms. The van der Waals surface area contributed by atoms with Crippen molar-refractivity contribution in [2.75, 3.05) is 32.6 Å². The molecule has 1 saturated heterocycles. The maximum absolute atomic E-state index is 12.9. The van der Waals surface area contributed by atoms with Gasteiger partial charge in [-0.15, -0.1) is 0 Å². The van der Waals surface area contributed by atoms with Crippen molar-refractivity contribution in [1.82, 2.24) is 4.90 Å². The molecule has 1 heterocycles. The summed E-state index contributed by atoms with van der Waals surface area (Å²) in [4.78, 5) is 27.4. The first-order valence-corrected chi connectivity index (χ1v) is 9.51. The second-order valence-electron chi connectivity index (χ2n) is 6.80. The quantitative estimate of drug-likeness (QED) is 0.830.